The van der Waals surface area contributed by atoms with Crippen LogP contribution in [-0.4, -0.2) is 45.3 Å². The number of rotatable bonds is 2. The molecule has 2 atom stereocenters. The maximum atomic E-state index is 13.2. The molecule has 0 unspecified atom stereocenters. The highest BCUT2D eigenvalue weighted by atomic mass is 35.5. The van der Waals surface area contributed by atoms with E-state index in [1.165, 1.54) is 32.2 Å². The van der Waals surface area contributed by atoms with Gasteiger partial charge < -0.3 is 25.8 Å². The molecule has 0 bridgehead atoms. The van der Waals surface area contributed by atoms with Gasteiger partial charge in [-0.25, -0.2) is 0 Å². The average molecular weight is 434 g/mol. The topological polar surface area (TPSA) is 147 Å². The van der Waals surface area contributed by atoms with Crippen LogP contribution in [0.15, 0.2) is 18.2 Å². The second kappa shape index (κ2) is 7.09. The minimum absolute atomic E-state index is 0. The normalized spacial score (nSPS) is 21.8. The molecule has 0 saturated heterocycles. The van der Waals surface area contributed by atoms with Crippen molar-refractivity contribution in [2.24, 2.45) is 5.73 Å². The van der Waals surface area contributed by atoms with Crippen molar-refractivity contribution < 1.29 is 34.4 Å². The quantitative estimate of drug-likeness (QED) is 0.445. The van der Waals surface area contributed by atoms with Crippen LogP contribution < -0.4 is 10.5 Å². The fourth-order valence-corrected chi connectivity index (χ4v) is 4.26. The van der Waals surface area contributed by atoms with Gasteiger partial charge in [0.15, 0.2) is 5.78 Å². The molecule has 0 saturated carbocycles. The van der Waals surface area contributed by atoms with Crippen LogP contribution in [0.3, 0.4) is 0 Å². The molecular formula is C21H20ClNO7. The first-order valence-electron chi connectivity index (χ1n) is 8.97. The van der Waals surface area contributed by atoms with Crippen molar-refractivity contribution in [1.29, 1.82) is 0 Å². The van der Waals surface area contributed by atoms with E-state index in [4.69, 9.17) is 10.5 Å². The van der Waals surface area contributed by atoms with Gasteiger partial charge in [-0.05, 0) is 13.0 Å². The summed E-state index contributed by atoms with van der Waals surface area (Å²) in [6.07, 6.45) is -1.78. The van der Waals surface area contributed by atoms with Gasteiger partial charge in [0, 0.05) is 29.5 Å². The van der Waals surface area contributed by atoms with Gasteiger partial charge in [-0.2, -0.15) is 0 Å². The largest absolute Gasteiger partial charge is 0.507 e. The zero-order valence-corrected chi connectivity index (χ0v) is 17.0. The second-order valence-corrected chi connectivity index (χ2v) is 7.49. The standard InChI is InChI=1S/C21H19NO7.ClH/c1-8(23)21(22)6-10-13(11(24)7-21)19(27)16-15(18(10)26)17(25)9-4-3-5-12(29-2)14(9)20(16)28;/h3-5,11,24,26-27H,6-7,22H2,1-2H3;1H/t11-,21-;/m0./s1. The molecule has 0 radical (unpaired) electrons. The van der Waals surface area contributed by atoms with Gasteiger partial charge in [0.25, 0.3) is 0 Å². The summed E-state index contributed by atoms with van der Waals surface area (Å²) in [5.41, 5.74) is 3.78. The number of Topliss-reactive ketones (excluding diaryl/α,β-unsaturated/α-hetero) is 1. The number of hydrogen-bond acceptors (Lipinski definition) is 8. The molecule has 158 valence electrons. The molecule has 0 fully saturated rings. The molecule has 9 heteroatoms. The number of fused-ring (bicyclic) bond motifs is 3. The maximum Gasteiger partial charge on any atom is 0.202 e. The number of carbonyl (C=O) groups is 3. The number of aromatic hydroxyl groups is 2. The zero-order valence-electron chi connectivity index (χ0n) is 16.2. The highest BCUT2D eigenvalue weighted by Crippen LogP contribution is 2.50. The molecular weight excluding hydrogens is 414 g/mol. The number of carbonyl (C=O) groups excluding carboxylic acids is 3. The van der Waals surface area contributed by atoms with Crippen molar-refractivity contribution >= 4 is 29.8 Å². The molecule has 4 rings (SSSR count). The van der Waals surface area contributed by atoms with E-state index >= 15 is 0 Å². The number of ketones is 3. The van der Waals surface area contributed by atoms with Crippen molar-refractivity contribution in [3.05, 3.63) is 51.6 Å². The zero-order chi connectivity index (χ0) is 21.2. The van der Waals surface area contributed by atoms with Gasteiger partial charge in [0.1, 0.15) is 23.0 Å². The van der Waals surface area contributed by atoms with E-state index in [2.05, 4.69) is 0 Å². The predicted octanol–water partition coefficient (Wildman–Crippen LogP) is 1.57. The van der Waals surface area contributed by atoms with Crippen molar-refractivity contribution in [3.63, 3.8) is 0 Å². The highest BCUT2D eigenvalue weighted by molar-refractivity contribution is 6.31. The number of aliphatic hydroxyl groups is 1. The molecule has 30 heavy (non-hydrogen) atoms. The van der Waals surface area contributed by atoms with Gasteiger partial charge in [0.05, 0.1) is 35.4 Å². The van der Waals surface area contributed by atoms with Crippen molar-refractivity contribution in [2.75, 3.05) is 7.11 Å². The number of nitrogens with two attached hydrogens (primary N) is 1. The Morgan fingerprint density at radius 3 is 2.37 bits per heavy atom. The minimum Gasteiger partial charge on any atom is -0.507 e. The van der Waals surface area contributed by atoms with E-state index in [1.807, 2.05) is 0 Å². The molecule has 0 aliphatic heterocycles. The van der Waals surface area contributed by atoms with E-state index in [9.17, 15) is 29.7 Å². The van der Waals surface area contributed by atoms with Crippen LogP contribution in [0.25, 0.3) is 0 Å². The highest BCUT2D eigenvalue weighted by Gasteiger charge is 2.46. The molecule has 2 aromatic rings. The SMILES string of the molecule is COc1cccc2c1C(=O)c1c(O)c3c(c(O)c1C2=O)C[C@@](N)(C(C)=O)C[C@@H]3O.Cl. The average Bonchev–Trinajstić information content (AvgIpc) is 2.67. The lowest BCUT2D eigenvalue weighted by molar-refractivity contribution is -0.123. The Hall–Kier alpha value is -2.94. The first kappa shape index (κ1) is 21.8. The Balaban J connectivity index is 0.00000256. The van der Waals surface area contributed by atoms with Gasteiger partial charge in [-0.3, -0.25) is 14.4 Å². The Kier molecular flexibility index (Phi) is 5.14. The molecule has 0 aromatic heterocycles. The van der Waals surface area contributed by atoms with Crippen LogP contribution in [0.5, 0.6) is 17.2 Å². The molecule has 0 amide bonds. The third-order valence-corrected chi connectivity index (χ3v) is 5.85. The molecule has 0 spiro atoms. The first-order valence-corrected chi connectivity index (χ1v) is 8.97. The van der Waals surface area contributed by atoms with Crippen LogP contribution in [0.4, 0.5) is 0 Å². The minimum atomic E-state index is -1.46. The summed E-state index contributed by atoms with van der Waals surface area (Å²) in [5.74, 6) is -2.78. The molecule has 8 nitrogen and oxygen atoms in total. The van der Waals surface area contributed by atoms with Gasteiger partial charge >= 0.3 is 0 Å². The third kappa shape index (κ3) is 2.72. The lowest BCUT2D eigenvalue weighted by Crippen LogP contribution is -2.52. The van der Waals surface area contributed by atoms with E-state index in [0.717, 1.165) is 0 Å². The number of halogens is 1. The van der Waals surface area contributed by atoms with Crippen LogP contribution in [0.1, 0.15) is 62.4 Å². The Labute approximate surface area is 177 Å². The van der Waals surface area contributed by atoms with E-state index in [0.29, 0.717) is 0 Å². The lowest BCUT2D eigenvalue weighted by Gasteiger charge is -2.37. The first-order chi connectivity index (χ1) is 13.6. The van der Waals surface area contributed by atoms with Crippen LogP contribution >= 0.6 is 12.4 Å². The molecule has 2 aliphatic rings. The van der Waals surface area contributed by atoms with Crippen LogP contribution in [-0.2, 0) is 11.2 Å². The third-order valence-electron chi connectivity index (χ3n) is 5.85. The summed E-state index contributed by atoms with van der Waals surface area (Å²) in [7, 11) is 1.35. The summed E-state index contributed by atoms with van der Waals surface area (Å²) in [4.78, 5) is 38.3. The van der Waals surface area contributed by atoms with E-state index in [-0.39, 0.29) is 58.8 Å². The Bertz CT molecular complexity index is 1130. The number of methoxy groups -OCH3 is 1. The van der Waals surface area contributed by atoms with Crippen molar-refractivity contribution in [3.8, 4) is 17.2 Å². The van der Waals surface area contributed by atoms with Crippen molar-refractivity contribution in [2.45, 2.75) is 31.4 Å². The van der Waals surface area contributed by atoms with Gasteiger partial charge in [0.2, 0.25) is 5.78 Å². The summed E-state index contributed by atoms with van der Waals surface area (Å²) in [6.45, 7) is 1.27. The number of benzene rings is 2. The van der Waals surface area contributed by atoms with Gasteiger partial charge in [-0.15, -0.1) is 12.4 Å². The van der Waals surface area contributed by atoms with Crippen LogP contribution in [0, 0.1) is 0 Å². The molecule has 0 heterocycles. The number of hydrogen-bond donors (Lipinski definition) is 4. The molecule has 2 aliphatic carbocycles. The summed E-state index contributed by atoms with van der Waals surface area (Å²) >= 11 is 0. The maximum absolute atomic E-state index is 13.2. The summed E-state index contributed by atoms with van der Waals surface area (Å²) in [6, 6.07) is 4.47. The molecule has 2 aromatic carbocycles. The summed E-state index contributed by atoms with van der Waals surface area (Å²) < 4.78 is 5.18. The Morgan fingerprint density at radius 2 is 1.77 bits per heavy atom. The van der Waals surface area contributed by atoms with E-state index in [1.54, 1.807) is 0 Å². The number of phenolic OH excluding ortho intramolecular Hbond substituents is 2. The van der Waals surface area contributed by atoms with Crippen molar-refractivity contribution in [1.82, 2.24) is 0 Å². The van der Waals surface area contributed by atoms with Crippen LogP contribution in [0.2, 0.25) is 0 Å². The Morgan fingerprint density at radius 1 is 1.13 bits per heavy atom. The predicted molar refractivity (Wildman–Crippen MR) is 108 cm³/mol. The number of ether oxygens (including phenoxy) is 1. The lowest BCUT2D eigenvalue weighted by atomic mass is 9.71. The number of phenols is 2. The number of aliphatic hydroxyl groups excluding tert-OH is 1. The summed E-state index contributed by atoms with van der Waals surface area (Å²) in [5, 5.41) is 32.3. The fraction of sp³-hybridized carbons (Fsp3) is 0.286. The van der Waals surface area contributed by atoms with Gasteiger partial charge in [-0.1, -0.05) is 12.1 Å². The fourth-order valence-electron chi connectivity index (χ4n) is 4.26. The molecule has 5 N–H and O–H groups in total. The monoisotopic (exact) mass is 433 g/mol. The smallest absolute Gasteiger partial charge is 0.202 e. The van der Waals surface area contributed by atoms with E-state index < -0.39 is 46.1 Å². The second-order valence-electron chi connectivity index (χ2n) is 7.49.